The molecule has 1 aromatic carbocycles. The van der Waals surface area contributed by atoms with Gasteiger partial charge in [0.15, 0.2) is 13.1 Å². The summed E-state index contributed by atoms with van der Waals surface area (Å²) in [5, 5.41) is 3.23. The second-order valence-electron chi connectivity index (χ2n) is 6.06. The molecule has 0 bridgehead atoms. The maximum absolute atomic E-state index is 12.8. The molecule has 0 unspecified atom stereocenters. The Hall–Kier alpha value is -2.80. The van der Waals surface area contributed by atoms with Crippen molar-refractivity contribution in [2.45, 2.75) is 20.3 Å². The predicted octanol–water partition coefficient (Wildman–Crippen LogP) is 2.78. The van der Waals surface area contributed by atoms with E-state index >= 15 is 0 Å². The maximum Gasteiger partial charge on any atom is 0.294 e. The van der Waals surface area contributed by atoms with Crippen molar-refractivity contribution < 1.29 is 4.74 Å². The third-order valence-corrected chi connectivity index (χ3v) is 4.24. The Morgan fingerprint density at radius 3 is 2.67 bits per heavy atom. The lowest BCUT2D eigenvalue weighted by atomic mass is 9.73. The molecule has 3 aromatic rings. The molecule has 1 radical (unpaired) electrons. The number of aryl methyl sites for hydroxylation is 1. The lowest BCUT2D eigenvalue weighted by Crippen LogP contribution is -2.26. The maximum atomic E-state index is 12.8. The molecule has 6 nitrogen and oxygen atoms in total. The van der Waals surface area contributed by atoms with Crippen LogP contribution in [0, 0.1) is 6.92 Å². The van der Waals surface area contributed by atoms with Gasteiger partial charge in [-0.05, 0) is 35.6 Å². The van der Waals surface area contributed by atoms with Crippen molar-refractivity contribution in [1.82, 2.24) is 14.5 Å². The van der Waals surface area contributed by atoms with Gasteiger partial charge in [0.1, 0.15) is 16.7 Å². The van der Waals surface area contributed by atoms with Crippen molar-refractivity contribution in [2.75, 3.05) is 12.4 Å². The van der Waals surface area contributed by atoms with E-state index in [4.69, 9.17) is 16.3 Å². The molecule has 0 aliphatic rings. The minimum absolute atomic E-state index is 0.135. The predicted molar refractivity (Wildman–Crippen MR) is 109 cm³/mol. The number of methoxy groups -OCH3 is 1. The fourth-order valence-corrected chi connectivity index (χ4v) is 2.86. The summed E-state index contributed by atoms with van der Waals surface area (Å²) in [5.74, 6) is 1.46. The van der Waals surface area contributed by atoms with Gasteiger partial charge in [-0.3, -0.25) is 4.79 Å². The van der Waals surface area contributed by atoms with Crippen molar-refractivity contribution in [2.24, 2.45) is 0 Å². The number of ether oxygens (including phenoxy) is 1. The molecule has 0 aliphatic heterocycles. The number of nitrogens with one attached hydrogen (secondary N) is 1. The van der Waals surface area contributed by atoms with Crippen LogP contribution in [0.25, 0.3) is 0 Å². The van der Waals surface area contributed by atoms with Gasteiger partial charge < -0.3 is 14.6 Å². The Labute approximate surface area is 163 Å². The molecule has 0 atom stereocenters. The minimum atomic E-state index is -0.278. The number of rotatable bonds is 6. The SMILES string of the molecule is C[B]c1cc(C)cnc1Nc1nc(Cl)cn(Cc2ccc(OC)cc2)c1=O. The average molecular weight is 382 g/mol. The molecule has 2 heterocycles. The molecule has 0 saturated carbocycles. The molecule has 3 rings (SSSR count). The summed E-state index contributed by atoms with van der Waals surface area (Å²) >= 11 is 6.14. The molecule has 1 N–H and O–H groups in total. The van der Waals surface area contributed by atoms with Gasteiger partial charge in [-0.2, -0.15) is 0 Å². The molecule has 0 aliphatic carbocycles. The van der Waals surface area contributed by atoms with E-state index in [9.17, 15) is 4.79 Å². The Kier molecular flexibility index (Phi) is 5.81. The van der Waals surface area contributed by atoms with Crippen LogP contribution < -0.4 is 21.1 Å². The van der Waals surface area contributed by atoms with Crippen LogP contribution >= 0.6 is 11.6 Å². The number of benzene rings is 1. The Bertz CT molecular complexity index is 1010. The molecule has 0 fully saturated rings. The summed E-state index contributed by atoms with van der Waals surface area (Å²) < 4.78 is 6.68. The van der Waals surface area contributed by atoms with Crippen LogP contribution in [0.2, 0.25) is 12.0 Å². The molecule has 27 heavy (non-hydrogen) atoms. The van der Waals surface area contributed by atoms with Gasteiger partial charge in [0.05, 0.1) is 13.7 Å². The van der Waals surface area contributed by atoms with Crippen LogP contribution in [0.3, 0.4) is 0 Å². The van der Waals surface area contributed by atoms with Gasteiger partial charge in [0, 0.05) is 12.4 Å². The average Bonchev–Trinajstić information content (AvgIpc) is 2.67. The van der Waals surface area contributed by atoms with E-state index in [1.807, 2.05) is 51.4 Å². The van der Waals surface area contributed by atoms with Gasteiger partial charge in [-0.1, -0.05) is 36.6 Å². The fraction of sp³-hybridized carbons (Fsp3) is 0.211. The molecule has 0 saturated heterocycles. The lowest BCUT2D eigenvalue weighted by Gasteiger charge is -2.12. The summed E-state index contributed by atoms with van der Waals surface area (Å²) in [7, 11) is 3.53. The van der Waals surface area contributed by atoms with Crippen LogP contribution in [0.15, 0.2) is 47.5 Å². The van der Waals surface area contributed by atoms with Gasteiger partial charge in [0.2, 0.25) is 0 Å². The minimum Gasteiger partial charge on any atom is -0.497 e. The topological polar surface area (TPSA) is 69.0 Å². The number of halogens is 1. The van der Waals surface area contributed by atoms with Gasteiger partial charge in [-0.15, -0.1) is 0 Å². The van der Waals surface area contributed by atoms with Crippen molar-refractivity contribution in [3.05, 3.63) is 69.4 Å². The summed E-state index contributed by atoms with van der Waals surface area (Å²) in [6, 6.07) is 9.48. The molecular formula is C19H19BClN4O2. The number of aromatic nitrogens is 3. The van der Waals surface area contributed by atoms with E-state index in [2.05, 4.69) is 15.3 Å². The summed E-state index contributed by atoms with van der Waals surface area (Å²) in [6.45, 7) is 4.24. The van der Waals surface area contributed by atoms with Crippen molar-refractivity contribution in [3.8, 4) is 5.75 Å². The second kappa shape index (κ2) is 8.27. The molecule has 8 heteroatoms. The number of pyridine rings is 1. The number of hydrogen-bond acceptors (Lipinski definition) is 5. The van der Waals surface area contributed by atoms with Gasteiger partial charge in [0.25, 0.3) is 5.56 Å². The zero-order valence-corrected chi connectivity index (χ0v) is 16.1. The van der Waals surface area contributed by atoms with Crippen molar-refractivity contribution in [3.63, 3.8) is 0 Å². The highest BCUT2D eigenvalue weighted by atomic mass is 35.5. The van der Waals surface area contributed by atoms with Gasteiger partial charge in [-0.25, -0.2) is 9.97 Å². The normalized spacial score (nSPS) is 10.5. The first-order valence-corrected chi connectivity index (χ1v) is 8.81. The van der Waals surface area contributed by atoms with Crippen LogP contribution in [0.1, 0.15) is 11.1 Å². The number of hydrogen-bond donors (Lipinski definition) is 1. The second-order valence-corrected chi connectivity index (χ2v) is 6.44. The van der Waals surface area contributed by atoms with Crippen molar-refractivity contribution >= 4 is 36.0 Å². The molecule has 2 aromatic heterocycles. The highest BCUT2D eigenvalue weighted by Crippen LogP contribution is 2.14. The smallest absolute Gasteiger partial charge is 0.294 e. The van der Waals surface area contributed by atoms with E-state index in [1.165, 1.54) is 10.8 Å². The summed E-state index contributed by atoms with van der Waals surface area (Å²) in [6.07, 6.45) is 3.25. The van der Waals surface area contributed by atoms with E-state index in [0.717, 1.165) is 22.3 Å². The fourth-order valence-electron chi connectivity index (χ4n) is 2.66. The van der Waals surface area contributed by atoms with E-state index in [1.54, 1.807) is 13.3 Å². The third kappa shape index (κ3) is 4.49. The lowest BCUT2D eigenvalue weighted by molar-refractivity contribution is 0.414. The van der Waals surface area contributed by atoms with E-state index < -0.39 is 0 Å². The largest absolute Gasteiger partial charge is 0.497 e. The summed E-state index contributed by atoms with van der Waals surface area (Å²) in [4.78, 5) is 21.3. The number of anilines is 2. The summed E-state index contributed by atoms with van der Waals surface area (Å²) in [5.41, 5.74) is 2.59. The molecular weight excluding hydrogens is 363 g/mol. The van der Waals surface area contributed by atoms with Crippen LogP contribution in [-0.4, -0.2) is 28.9 Å². The first kappa shape index (κ1) is 19.0. The van der Waals surface area contributed by atoms with Crippen LogP contribution in [-0.2, 0) is 6.54 Å². The Balaban J connectivity index is 1.92. The van der Waals surface area contributed by atoms with Gasteiger partial charge >= 0.3 is 0 Å². The first-order valence-electron chi connectivity index (χ1n) is 8.43. The Morgan fingerprint density at radius 1 is 1.26 bits per heavy atom. The highest BCUT2D eigenvalue weighted by Gasteiger charge is 2.12. The quantitative estimate of drug-likeness (QED) is 0.665. The van der Waals surface area contributed by atoms with Crippen LogP contribution in [0.4, 0.5) is 11.6 Å². The monoisotopic (exact) mass is 381 g/mol. The zero-order chi connectivity index (χ0) is 19.4. The first-order chi connectivity index (χ1) is 13.0. The van der Waals surface area contributed by atoms with E-state index in [0.29, 0.717) is 12.4 Å². The molecule has 0 amide bonds. The molecule has 0 spiro atoms. The molecule has 137 valence electrons. The van der Waals surface area contributed by atoms with Crippen molar-refractivity contribution in [1.29, 1.82) is 0 Å². The Morgan fingerprint density at radius 2 is 2.00 bits per heavy atom. The third-order valence-electron chi connectivity index (χ3n) is 4.06. The highest BCUT2D eigenvalue weighted by molar-refractivity contribution is 6.54. The zero-order valence-electron chi connectivity index (χ0n) is 15.4. The number of nitrogens with zero attached hydrogens (tertiary/aromatic N) is 3. The van der Waals surface area contributed by atoms with Crippen LogP contribution in [0.5, 0.6) is 5.75 Å². The van der Waals surface area contributed by atoms with E-state index in [-0.39, 0.29) is 16.5 Å². The standard InChI is InChI=1S/C19H19BClN4O2/c1-12-8-15(20-2)17(22-9-12)24-18-19(26)25(11-16(21)23-18)10-13-4-6-14(27-3)7-5-13/h4-9,11H,10H2,1-3H3,(H,22,23,24).